The van der Waals surface area contributed by atoms with Gasteiger partial charge in [0, 0.05) is 12.1 Å². The maximum atomic E-state index is 11.0. The molecule has 4 nitrogen and oxygen atoms in total. The third-order valence-corrected chi connectivity index (χ3v) is 3.90. The van der Waals surface area contributed by atoms with E-state index in [1.165, 1.54) is 31.5 Å². The Kier molecular flexibility index (Phi) is 4.39. The molecule has 1 fully saturated rings. The molecular formula is C18H20N2O2. The summed E-state index contributed by atoms with van der Waals surface area (Å²) in [6.45, 7) is 3.41. The lowest BCUT2D eigenvalue weighted by Crippen LogP contribution is -2.18. The van der Waals surface area contributed by atoms with E-state index in [4.69, 9.17) is 10.5 Å². The summed E-state index contributed by atoms with van der Waals surface area (Å²) in [5.41, 5.74) is 7.00. The van der Waals surface area contributed by atoms with E-state index in [9.17, 15) is 4.79 Å². The van der Waals surface area contributed by atoms with Crippen molar-refractivity contribution < 1.29 is 9.53 Å². The van der Waals surface area contributed by atoms with Crippen molar-refractivity contribution in [2.75, 3.05) is 13.1 Å². The number of ether oxygens (including phenoxy) is 1. The smallest absolute Gasteiger partial charge is 0.248 e. The first kappa shape index (κ1) is 14.6. The van der Waals surface area contributed by atoms with E-state index >= 15 is 0 Å². The van der Waals surface area contributed by atoms with Gasteiger partial charge in [-0.2, -0.15) is 0 Å². The average Bonchev–Trinajstić information content (AvgIpc) is 3.03. The molecule has 0 atom stereocenters. The number of hydrogen-bond donors (Lipinski definition) is 1. The highest BCUT2D eigenvalue weighted by Gasteiger charge is 2.11. The van der Waals surface area contributed by atoms with Crippen LogP contribution in [0.25, 0.3) is 0 Å². The summed E-state index contributed by atoms with van der Waals surface area (Å²) < 4.78 is 5.77. The number of rotatable bonds is 5. The molecule has 0 aliphatic carbocycles. The largest absolute Gasteiger partial charge is 0.457 e. The van der Waals surface area contributed by atoms with Gasteiger partial charge < -0.3 is 10.5 Å². The summed E-state index contributed by atoms with van der Waals surface area (Å²) >= 11 is 0. The fourth-order valence-corrected chi connectivity index (χ4v) is 2.69. The van der Waals surface area contributed by atoms with Crippen LogP contribution in [-0.4, -0.2) is 23.9 Å². The minimum atomic E-state index is -0.433. The maximum absolute atomic E-state index is 11.0. The van der Waals surface area contributed by atoms with Gasteiger partial charge in [-0.05, 0) is 67.9 Å². The number of nitrogens with two attached hydrogens (primary N) is 1. The standard InChI is InChI=1S/C18H20N2O2/c19-18(21)15-5-9-17(10-6-15)22-16-7-3-14(4-8-16)13-20-11-1-2-12-20/h3-10H,1-2,11-13H2,(H2,19,21). The summed E-state index contributed by atoms with van der Waals surface area (Å²) in [6, 6.07) is 15.0. The Balaban J connectivity index is 1.61. The average molecular weight is 296 g/mol. The van der Waals surface area contributed by atoms with Crippen LogP contribution < -0.4 is 10.5 Å². The number of carbonyl (C=O) groups excluding carboxylic acids is 1. The number of benzene rings is 2. The number of carbonyl (C=O) groups is 1. The molecule has 1 saturated heterocycles. The molecular weight excluding hydrogens is 276 g/mol. The van der Waals surface area contributed by atoms with Crippen molar-refractivity contribution in [3.63, 3.8) is 0 Å². The zero-order valence-electron chi connectivity index (χ0n) is 12.5. The zero-order chi connectivity index (χ0) is 15.4. The minimum absolute atomic E-state index is 0.433. The van der Waals surface area contributed by atoms with E-state index in [0.29, 0.717) is 11.3 Å². The zero-order valence-corrected chi connectivity index (χ0v) is 12.5. The van der Waals surface area contributed by atoms with Crippen LogP contribution in [0.4, 0.5) is 0 Å². The molecule has 114 valence electrons. The lowest BCUT2D eigenvalue weighted by Gasteiger charge is -2.14. The highest BCUT2D eigenvalue weighted by Crippen LogP contribution is 2.23. The molecule has 1 aliphatic rings. The van der Waals surface area contributed by atoms with Crippen LogP contribution >= 0.6 is 0 Å². The summed E-state index contributed by atoms with van der Waals surface area (Å²) in [5.74, 6) is 1.05. The van der Waals surface area contributed by atoms with Gasteiger partial charge >= 0.3 is 0 Å². The lowest BCUT2D eigenvalue weighted by atomic mass is 10.2. The van der Waals surface area contributed by atoms with Gasteiger partial charge in [0.25, 0.3) is 0 Å². The van der Waals surface area contributed by atoms with Gasteiger partial charge in [0.15, 0.2) is 0 Å². The predicted octanol–water partition coefficient (Wildman–Crippen LogP) is 3.17. The molecule has 3 rings (SSSR count). The van der Waals surface area contributed by atoms with Gasteiger partial charge in [0.2, 0.25) is 5.91 Å². The number of primary amides is 1. The Hall–Kier alpha value is -2.33. The molecule has 0 radical (unpaired) electrons. The van der Waals surface area contributed by atoms with Crippen LogP contribution in [0.3, 0.4) is 0 Å². The fourth-order valence-electron chi connectivity index (χ4n) is 2.69. The van der Waals surface area contributed by atoms with Crippen molar-refractivity contribution in [3.8, 4) is 11.5 Å². The molecule has 2 aromatic rings. The van der Waals surface area contributed by atoms with E-state index in [1.54, 1.807) is 24.3 Å². The molecule has 0 unspecified atom stereocenters. The van der Waals surface area contributed by atoms with Crippen molar-refractivity contribution in [2.45, 2.75) is 19.4 Å². The number of nitrogens with zero attached hydrogens (tertiary/aromatic N) is 1. The SMILES string of the molecule is NC(=O)c1ccc(Oc2ccc(CN3CCCC3)cc2)cc1. The molecule has 0 aromatic heterocycles. The molecule has 2 aromatic carbocycles. The topological polar surface area (TPSA) is 55.6 Å². The third-order valence-electron chi connectivity index (χ3n) is 3.90. The Morgan fingerprint density at radius 2 is 1.50 bits per heavy atom. The van der Waals surface area contributed by atoms with Gasteiger partial charge in [-0.15, -0.1) is 0 Å². The Morgan fingerprint density at radius 1 is 0.955 bits per heavy atom. The number of amides is 1. The van der Waals surface area contributed by atoms with Crippen molar-refractivity contribution in [2.24, 2.45) is 5.73 Å². The lowest BCUT2D eigenvalue weighted by molar-refractivity contribution is 0.100. The minimum Gasteiger partial charge on any atom is -0.457 e. The normalized spacial score (nSPS) is 14.9. The van der Waals surface area contributed by atoms with E-state index in [-0.39, 0.29) is 0 Å². The van der Waals surface area contributed by atoms with Gasteiger partial charge in [0.05, 0.1) is 0 Å². The second-order valence-corrected chi connectivity index (χ2v) is 5.62. The second-order valence-electron chi connectivity index (χ2n) is 5.62. The summed E-state index contributed by atoms with van der Waals surface area (Å²) in [5, 5.41) is 0. The van der Waals surface area contributed by atoms with Crippen LogP contribution in [0.1, 0.15) is 28.8 Å². The predicted molar refractivity (Wildman–Crippen MR) is 86.0 cm³/mol. The number of hydrogen-bond acceptors (Lipinski definition) is 3. The molecule has 2 N–H and O–H groups in total. The first-order valence-electron chi connectivity index (χ1n) is 7.60. The Morgan fingerprint density at radius 3 is 2.05 bits per heavy atom. The Bertz CT molecular complexity index is 629. The Labute approximate surface area is 130 Å². The molecule has 1 heterocycles. The van der Waals surface area contributed by atoms with Crippen LogP contribution in [0.15, 0.2) is 48.5 Å². The molecule has 0 spiro atoms. The van der Waals surface area contributed by atoms with Crippen LogP contribution in [0.2, 0.25) is 0 Å². The van der Waals surface area contributed by atoms with E-state index in [1.807, 2.05) is 12.1 Å². The van der Waals surface area contributed by atoms with Crippen molar-refractivity contribution >= 4 is 5.91 Å². The van der Waals surface area contributed by atoms with Crippen molar-refractivity contribution in [1.82, 2.24) is 4.90 Å². The first-order valence-corrected chi connectivity index (χ1v) is 7.60. The fraction of sp³-hybridized carbons (Fsp3) is 0.278. The van der Waals surface area contributed by atoms with Crippen LogP contribution in [0.5, 0.6) is 11.5 Å². The summed E-state index contributed by atoms with van der Waals surface area (Å²) in [6.07, 6.45) is 2.62. The molecule has 1 aliphatic heterocycles. The van der Waals surface area contributed by atoms with Gasteiger partial charge in [-0.1, -0.05) is 12.1 Å². The van der Waals surface area contributed by atoms with Crippen molar-refractivity contribution in [1.29, 1.82) is 0 Å². The highest BCUT2D eigenvalue weighted by molar-refractivity contribution is 5.92. The molecule has 0 saturated carbocycles. The monoisotopic (exact) mass is 296 g/mol. The highest BCUT2D eigenvalue weighted by atomic mass is 16.5. The van der Waals surface area contributed by atoms with Crippen LogP contribution in [0, 0.1) is 0 Å². The van der Waals surface area contributed by atoms with Gasteiger partial charge in [-0.25, -0.2) is 0 Å². The van der Waals surface area contributed by atoms with E-state index < -0.39 is 5.91 Å². The quantitative estimate of drug-likeness (QED) is 0.922. The second kappa shape index (κ2) is 6.62. The van der Waals surface area contributed by atoms with Crippen LogP contribution in [-0.2, 0) is 6.54 Å². The van der Waals surface area contributed by atoms with Crippen molar-refractivity contribution in [3.05, 3.63) is 59.7 Å². The molecule has 4 heteroatoms. The molecule has 0 bridgehead atoms. The summed E-state index contributed by atoms with van der Waals surface area (Å²) in [7, 11) is 0. The third kappa shape index (κ3) is 3.65. The molecule has 22 heavy (non-hydrogen) atoms. The maximum Gasteiger partial charge on any atom is 0.248 e. The van der Waals surface area contributed by atoms with E-state index in [0.717, 1.165) is 12.3 Å². The first-order chi connectivity index (χ1) is 10.7. The number of likely N-dealkylation sites (tertiary alicyclic amines) is 1. The van der Waals surface area contributed by atoms with Gasteiger partial charge in [-0.3, -0.25) is 9.69 Å². The molecule has 1 amide bonds. The summed E-state index contributed by atoms with van der Waals surface area (Å²) in [4.78, 5) is 13.5. The van der Waals surface area contributed by atoms with E-state index in [2.05, 4.69) is 17.0 Å². The van der Waals surface area contributed by atoms with Gasteiger partial charge in [0.1, 0.15) is 11.5 Å².